The zero-order chi connectivity index (χ0) is 17.0. The monoisotopic (exact) mass is 369 g/mol. The van der Waals surface area contributed by atoms with Gasteiger partial charge in [-0.05, 0) is 48.9 Å². The first-order valence-electron chi connectivity index (χ1n) is 7.54. The van der Waals surface area contributed by atoms with Crippen LogP contribution in [0.15, 0.2) is 42.5 Å². The van der Waals surface area contributed by atoms with E-state index in [2.05, 4.69) is 19.6 Å². The molecule has 3 rings (SSSR count). The summed E-state index contributed by atoms with van der Waals surface area (Å²) < 4.78 is 36.8. The van der Waals surface area contributed by atoms with Crippen molar-refractivity contribution in [1.82, 2.24) is 15.4 Å². The molecule has 0 saturated heterocycles. The zero-order valence-electron chi connectivity index (χ0n) is 13.8. The Morgan fingerprint density at radius 2 is 1.64 bits per heavy atom. The van der Waals surface area contributed by atoms with Crippen molar-refractivity contribution in [2.75, 3.05) is 0 Å². The molecule has 1 N–H and O–H groups in total. The second kappa shape index (κ2) is 8.77. The largest absolute Gasteiger partial charge is 1.00 e. The number of rotatable bonds is 7. The van der Waals surface area contributed by atoms with Gasteiger partial charge in [-0.15, -0.1) is 0 Å². The number of aromatic nitrogens is 3. The predicted molar refractivity (Wildman–Crippen MR) is 87.3 cm³/mol. The van der Waals surface area contributed by atoms with Crippen molar-refractivity contribution < 1.29 is 46.7 Å². The molecule has 9 heteroatoms. The van der Waals surface area contributed by atoms with Crippen molar-refractivity contribution >= 4 is 21.4 Å². The number of H-pyrrole nitrogens is 1. The molecule has 0 amide bonds. The van der Waals surface area contributed by atoms with Crippen LogP contribution in [0.25, 0.3) is 11.0 Å². The molecule has 7 nitrogen and oxygen atoms in total. The number of hydrogen-bond donors (Lipinski definition) is 1. The van der Waals surface area contributed by atoms with Crippen molar-refractivity contribution in [3.05, 3.63) is 53.6 Å². The Morgan fingerprint density at radius 1 is 0.960 bits per heavy atom. The molecule has 0 fully saturated rings. The second-order valence-electron chi connectivity index (χ2n) is 5.41. The van der Waals surface area contributed by atoms with E-state index in [0.29, 0.717) is 12.0 Å². The van der Waals surface area contributed by atoms with E-state index < -0.39 is 10.4 Å². The van der Waals surface area contributed by atoms with Crippen LogP contribution in [0.3, 0.4) is 0 Å². The van der Waals surface area contributed by atoms with Crippen LogP contribution >= 0.6 is 0 Å². The first-order valence-corrected chi connectivity index (χ1v) is 8.88. The van der Waals surface area contributed by atoms with Crippen LogP contribution in [0.1, 0.15) is 24.0 Å². The Morgan fingerprint density at radius 3 is 2.40 bits per heavy atom. The Balaban J connectivity index is 0.00000225. The van der Waals surface area contributed by atoms with Gasteiger partial charge in [-0.25, -0.2) is 8.42 Å². The molecule has 2 aromatic carbocycles. The number of nitrogens with one attached hydrogen (secondary N) is 1. The van der Waals surface area contributed by atoms with Gasteiger partial charge in [-0.2, -0.15) is 15.4 Å². The summed E-state index contributed by atoms with van der Waals surface area (Å²) in [6.07, 6.45) is 3.19. The molecule has 3 aromatic rings. The standard InChI is InChI=1S/C16H17N3O4S.Na/c20-24(21,22)23-15-11-4-3-7-12(15)6-1-2-8-13-9-5-10-14-16(13)18-19-17-14;/h3-5,7,9-11H,1-2,6,8H2,(H,17,18,19)(H,20,21,22);/q;+1/p-1. The van der Waals surface area contributed by atoms with Gasteiger partial charge in [0.15, 0.2) is 0 Å². The van der Waals surface area contributed by atoms with Gasteiger partial charge >= 0.3 is 29.6 Å². The van der Waals surface area contributed by atoms with Gasteiger partial charge in [-0.1, -0.05) is 30.3 Å². The molecule has 25 heavy (non-hydrogen) atoms. The molecule has 126 valence electrons. The summed E-state index contributed by atoms with van der Waals surface area (Å²) >= 11 is 0. The number of hydrogen-bond acceptors (Lipinski definition) is 6. The molecule has 0 atom stereocenters. The number of nitrogens with zero attached hydrogens (tertiary/aromatic N) is 2. The van der Waals surface area contributed by atoms with Crippen molar-refractivity contribution in [2.24, 2.45) is 0 Å². The smallest absolute Gasteiger partial charge is 0.716 e. The fourth-order valence-electron chi connectivity index (χ4n) is 2.66. The number of fused-ring (bicyclic) bond motifs is 1. The Bertz CT molecular complexity index is 943. The molecule has 0 spiro atoms. The average Bonchev–Trinajstić information content (AvgIpc) is 3.01. The molecule has 0 aliphatic rings. The summed E-state index contributed by atoms with van der Waals surface area (Å²) in [4.78, 5) is 0. The topological polar surface area (TPSA) is 108 Å². The molecule has 0 aliphatic carbocycles. The van der Waals surface area contributed by atoms with E-state index in [1.54, 1.807) is 18.2 Å². The van der Waals surface area contributed by atoms with Crippen molar-refractivity contribution in [1.29, 1.82) is 0 Å². The van der Waals surface area contributed by atoms with Crippen molar-refractivity contribution in [3.8, 4) is 5.75 Å². The Labute approximate surface area is 168 Å². The van der Waals surface area contributed by atoms with Crippen molar-refractivity contribution in [3.63, 3.8) is 0 Å². The second-order valence-corrected chi connectivity index (χ2v) is 6.40. The molecule has 0 aliphatic heterocycles. The maximum Gasteiger partial charge on any atom is 1.00 e. The Kier molecular flexibility index (Phi) is 6.97. The summed E-state index contributed by atoms with van der Waals surface area (Å²) in [6.45, 7) is 0. The van der Waals surface area contributed by atoms with Crippen LogP contribution in [0.4, 0.5) is 0 Å². The number of unbranched alkanes of at least 4 members (excludes halogenated alkanes) is 1. The van der Waals surface area contributed by atoms with E-state index >= 15 is 0 Å². The molecule has 0 saturated carbocycles. The maximum absolute atomic E-state index is 10.8. The van der Waals surface area contributed by atoms with Crippen LogP contribution in [0.5, 0.6) is 5.75 Å². The van der Waals surface area contributed by atoms with E-state index in [9.17, 15) is 13.0 Å². The first-order chi connectivity index (χ1) is 11.5. The first kappa shape index (κ1) is 19.9. The number of aromatic amines is 1. The summed E-state index contributed by atoms with van der Waals surface area (Å²) in [7, 11) is -4.76. The van der Waals surface area contributed by atoms with Gasteiger partial charge in [0.1, 0.15) is 16.8 Å². The number of benzene rings is 2. The van der Waals surface area contributed by atoms with Gasteiger partial charge in [-0.3, -0.25) is 0 Å². The fourth-order valence-corrected chi connectivity index (χ4v) is 3.04. The maximum atomic E-state index is 10.8. The fraction of sp³-hybridized carbons (Fsp3) is 0.250. The van der Waals surface area contributed by atoms with Crippen molar-refractivity contribution in [2.45, 2.75) is 25.7 Å². The molecule has 0 unspecified atom stereocenters. The minimum atomic E-state index is -4.76. The van der Waals surface area contributed by atoms with Crippen LogP contribution in [0.2, 0.25) is 0 Å². The van der Waals surface area contributed by atoms with Gasteiger partial charge < -0.3 is 8.74 Å². The summed E-state index contributed by atoms with van der Waals surface area (Å²) in [5.74, 6) is 0.103. The van der Waals surface area contributed by atoms with Gasteiger partial charge in [0.25, 0.3) is 10.4 Å². The van der Waals surface area contributed by atoms with Gasteiger partial charge in [0.05, 0.1) is 0 Å². The zero-order valence-corrected chi connectivity index (χ0v) is 16.6. The minimum Gasteiger partial charge on any atom is -0.716 e. The SMILES string of the molecule is O=S(=O)([O-])Oc1ccccc1CCCCc1cccc2n[nH]nc12.[Na+]. The third kappa shape index (κ3) is 5.52. The van der Waals surface area contributed by atoms with E-state index in [1.165, 1.54) is 6.07 Å². The average molecular weight is 369 g/mol. The molecule has 0 bridgehead atoms. The van der Waals surface area contributed by atoms with E-state index in [0.717, 1.165) is 35.9 Å². The molecular formula is C16H16N3NaO4S. The number of para-hydroxylation sites is 2. The molecular weight excluding hydrogens is 353 g/mol. The quantitative estimate of drug-likeness (QED) is 0.257. The molecule has 1 aromatic heterocycles. The third-order valence-corrected chi connectivity index (χ3v) is 4.12. The van der Waals surface area contributed by atoms with E-state index in [-0.39, 0.29) is 35.3 Å². The minimum absolute atomic E-state index is 0. The van der Waals surface area contributed by atoms with Gasteiger partial charge in [0, 0.05) is 0 Å². The van der Waals surface area contributed by atoms with Crippen LogP contribution in [0, 0.1) is 0 Å². The van der Waals surface area contributed by atoms with E-state index in [1.807, 2.05) is 18.2 Å². The predicted octanol–water partition coefficient (Wildman–Crippen LogP) is -0.634. The molecule has 1 heterocycles. The third-order valence-electron chi connectivity index (χ3n) is 3.74. The number of aryl methyl sites for hydroxylation is 2. The van der Waals surface area contributed by atoms with Crippen LogP contribution < -0.4 is 33.7 Å². The van der Waals surface area contributed by atoms with Gasteiger partial charge in [0.2, 0.25) is 0 Å². The van der Waals surface area contributed by atoms with Crippen LogP contribution in [-0.4, -0.2) is 28.4 Å². The molecule has 0 radical (unpaired) electrons. The van der Waals surface area contributed by atoms with Crippen LogP contribution in [-0.2, 0) is 23.2 Å². The van der Waals surface area contributed by atoms with E-state index in [4.69, 9.17) is 0 Å². The summed E-state index contributed by atoms with van der Waals surface area (Å²) in [5.41, 5.74) is 3.54. The Hall–Kier alpha value is -1.45. The summed E-state index contributed by atoms with van der Waals surface area (Å²) in [6, 6.07) is 12.5. The summed E-state index contributed by atoms with van der Waals surface area (Å²) in [5, 5.41) is 10.8. The normalized spacial score (nSPS) is 11.2.